The first-order chi connectivity index (χ1) is 13.1. The van der Waals surface area contributed by atoms with E-state index >= 15 is 0 Å². The van der Waals surface area contributed by atoms with Gasteiger partial charge in [-0.25, -0.2) is 13.6 Å². The Hall–Kier alpha value is -2.47. The largest absolute Gasteiger partial charge is 0.444 e. The molecule has 4 nitrogen and oxygen atoms in total. The fourth-order valence-corrected chi connectivity index (χ4v) is 3.92. The van der Waals surface area contributed by atoms with Gasteiger partial charge < -0.3 is 4.74 Å². The van der Waals surface area contributed by atoms with Crippen LogP contribution in [0.25, 0.3) is 0 Å². The van der Waals surface area contributed by atoms with E-state index in [9.17, 15) is 13.6 Å². The second-order valence-electron chi connectivity index (χ2n) is 7.23. The number of hydrogen-bond donors (Lipinski definition) is 0. The first-order valence-corrected chi connectivity index (χ1v) is 9.29. The molecule has 3 heterocycles. The van der Waals surface area contributed by atoms with Gasteiger partial charge in [-0.1, -0.05) is 30.3 Å². The van der Waals surface area contributed by atoms with Crippen LogP contribution in [0.1, 0.15) is 18.4 Å². The summed E-state index contributed by atoms with van der Waals surface area (Å²) in [5, 5.41) is 0. The lowest BCUT2D eigenvalue weighted by Gasteiger charge is -2.44. The molecule has 3 aliphatic rings. The molecule has 1 amide bonds. The monoisotopic (exact) mass is 372 g/mol. The van der Waals surface area contributed by atoms with Crippen molar-refractivity contribution in [3.05, 3.63) is 65.7 Å². The maximum absolute atomic E-state index is 13.8. The Balaban J connectivity index is 1.56. The third-order valence-corrected chi connectivity index (χ3v) is 5.47. The maximum Gasteiger partial charge on any atom is 0.414 e. The highest BCUT2D eigenvalue weighted by molar-refractivity contribution is 5.87. The number of anilines is 1. The molecule has 0 spiro atoms. The second kappa shape index (κ2) is 7.64. The van der Waals surface area contributed by atoms with Gasteiger partial charge in [-0.05, 0) is 49.5 Å². The standard InChI is InChI=1S/C21H22F2N2O2/c22-18-7-6-17(12-19(18)23)25(13-15-4-2-1-3-5-15)21(26)27-20-14-24-10-8-16(20)9-11-24/h1-7,12,16,20H,8-11,13-14H2. The molecule has 3 fully saturated rings. The van der Waals surface area contributed by atoms with E-state index in [2.05, 4.69) is 4.90 Å². The number of fused-ring (bicyclic) bond motifs is 3. The van der Waals surface area contributed by atoms with Crippen LogP contribution in [0.5, 0.6) is 0 Å². The Bertz CT molecular complexity index is 807. The minimum atomic E-state index is -0.985. The molecule has 0 saturated carbocycles. The molecule has 0 radical (unpaired) electrons. The quantitative estimate of drug-likeness (QED) is 0.806. The number of carbonyl (C=O) groups is 1. The van der Waals surface area contributed by atoms with E-state index in [0.717, 1.165) is 50.2 Å². The van der Waals surface area contributed by atoms with E-state index in [1.165, 1.54) is 11.0 Å². The zero-order chi connectivity index (χ0) is 18.8. The average molecular weight is 372 g/mol. The Morgan fingerprint density at radius 1 is 1.07 bits per heavy atom. The molecule has 0 N–H and O–H groups in total. The van der Waals surface area contributed by atoms with Crippen molar-refractivity contribution < 1.29 is 18.3 Å². The van der Waals surface area contributed by atoms with Crippen LogP contribution in [0.4, 0.5) is 19.3 Å². The predicted octanol–water partition coefficient (Wildman–Crippen LogP) is 4.20. The van der Waals surface area contributed by atoms with Gasteiger partial charge in [-0.15, -0.1) is 0 Å². The second-order valence-corrected chi connectivity index (χ2v) is 7.23. The van der Waals surface area contributed by atoms with Crippen molar-refractivity contribution in [2.24, 2.45) is 5.92 Å². The lowest BCUT2D eigenvalue weighted by Crippen LogP contribution is -2.53. The summed E-state index contributed by atoms with van der Waals surface area (Å²) in [6.45, 7) is 3.07. The first-order valence-electron chi connectivity index (χ1n) is 9.29. The molecule has 2 aromatic carbocycles. The number of amides is 1. The van der Waals surface area contributed by atoms with Gasteiger partial charge in [0.2, 0.25) is 0 Å². The summed E-state index contributed by atoms with van der Waals surface area (Å²) in [6, 6.07) is 12.9. The molecule has 6 heteroatoms. The number of carbonyl (C=O) groups excluding carboxylic acids is 1. The smallest absolute Gasteiger partial charge is 0.414 e. The van der Waals surface area contributed by atoms with Gasteiger partial charge in [0.05, 0.1) is 12.2 Å². The van der Waals surface area contributed by atoms with E-state index < -0.39 is 17.7 Å². The van der Waals surface area contributed by atoms with E-state index in [-0.39, 0.29) is 18.3 Å². The van der Waals surface area contributed by atoms with Gasteiger partial charge in [0.1, 0.15) is 6.10 Å². The fourth-order valence-electron chi connectivity index (χ4n) is 3.92. The number of halogens is 2. The summed E-state index contributed by atoms with van der Waals surface area (Å²) in [5.41, 5.74) is 1.16. The lowest BCUT2D eigenvalue weighted by atomic mass is 9.86. The number of hydrogen-bond acceptors (Lipinski definition) is 3. The summed E-state index contributed by atoms with van der Waals surface area (Å²) >= 11 is 0. The number of piperidine rings is 3. The fraction of sp³-hybridized carbons (Fsp3) is 0.381. The third-order valence-electron chi connectivity index (χ3n) is 5.47. The summed E-state index contributed by atoms with van der Waals surface area (Å²) in [6.07, 6.45) is 1.39. The molecular weight excluding hydrogens is 350 g/mol. The molecule has 3 aliphatic heterocycles. The van der Waals surface area contributed by atoms with Crippen LogP contribution in [-0.2, 0) is 11.3 Å². The summed E-state index contributed by atoms with van der Waals surface area (Å²) in [5.74, 6) is -1.55. The van der Waals surface area contributed by atoms with Crippen molar-refractivity contribution in [2.45, 2.75) is 25.5 Å². The molecule has 3 saturated heterocycles. The Kier molecular flexibility index (Phi) is 5.07. The van der Waals surface area contributed by atoms with Crippen molar-refractivity contribution >= 4 is 11.8 Å². The van der Waals surface area contributed by atoms with Gasteiger partial charge in [0.25, 0.3) is 0 Å². The van der Waals surface area contributed by atoms with E-state index in [0.29, 0.717) is 5.92 Å². The van der Waals surface area contributed by atoms with Crippen LogP contribution >= 0.6 is 0 Å². The van der Waals surface area contributed by atoms with Crippen molar-refractivity contribution in [1.29, 1.82) is 0 Å². The zero-order valence-corrected chi connectivity index (χ0v) is 15.0. The van der Waals surface area contributed by atoms with Crippen LogP contribution < -0.4 is 4.90 Å². The van der Waals surface area contributed by atoms with E-state index in [1.807, 2.05) is 30.3 Å². The molecule has 5 rings (SSSR count). The van der Waals surface area contributed by atoms with Crippen molar-refractivity contribution in [2.75, 3.05) is 24.5 Å². The SMILES string of the molecule is O=C(OC1CN2CCC1CC2)N(Cc1ccccc1)c1ccc(F)c(F)c1. The van der Waals surface area contributed by atoms with Crippen LogP contribution in [0, 0.1) is 17.6 Å². The van der Waals surface area contributed by atoms with Gasteiger partial charge >= 0.3 is 6.09 Å². The number of ether oxygens (including phenoxy) is 1. The Labute approximate surface area is 157 Å². The highest BCUT2D eigenvalue weighted by atomic mass is 19.2. The first kappa shape index (κ1) is 17.9. The topological polar surface area (TPSA) is 32.8 Å². The molecule has 0 aromatic heterocycles. The third kappa shape index (κ3) is 3.95. The van der Waals surface area contributed by atoms with Gasteiger partial charge in [-0.3, -0.25) is 9.80 Å². The van der Waals surface area contributed by atoms with E-state index in [4.69, 9.17) is 4.74 Å². The van der Waals surface area contributed by atoms with Gasteiger partial charge in [0.15, 0.2) is 11.6 Å². The Morgan fingerprint density at radius 3 is 2.44 bits per heavy atom. The van der Waals surface area contributed by atoms with Crippen LogP contribution in [0.15, 0.2) is 48.5 Å². The molecule has 2 aromatic rings. The minimum Gasteiger partial charge on any atom is -0.444 e. The summed E-state index contributed by atoms with van der Waals surface area (Å²) < 4.78 is 32.9. The minimum absolute atomic E-state index is 0.149. The molecule has 1 unspecified atom stereocenters. The summed E-state index contributed by atoms with van der Waals surface area (Å²) in [7, 11) is 0. The molecule has 1 atom stereocenters. The molecular formula is C21H22F2N2O2. The van der Waals surface area contributed by atoms with Crippen LogP contribution in [-0.4, -0.2) is 36.7 Å². The number of nitrogens with zero attached hydrogens (tertiary/aromatic N) is 2. The Morgan fingerprint density at radius 2 is 1.81 bits per heavy atom. The van der Waals surface area contributed by atoms with Crippen molar-refractivity contribution in [1.82, 2.24) is 4.90 Å². The highest BCUT2D eigenvalue weighted by Gasteiger charge is 2.37. The van der Waals surface area contributed by atoms with Crippen LogP contribution in [0.2, 0.25) is 0 Å². The average Bonchev–Trinajstić information content (AvgIpc) is 2.70. The van der Waals surface area contributed by atoms with Crippen molar-refractivity contribution in [3.8, 4) is 0 Å². The zero-order valence-electron chi connectivity index (χ0n) is 15.0. The van der Waals surface area contributed by atoms with Gasteiger partial charge in [-0.2, -0.15) is 0 Å². The molecule has 0 aliphatic carbocycles. The normalized spacial score (nSPS) is 23.9. The number of benzene rings is 2. The van der Waals surface area contributed by atoms with Crippen molar-refractivity contribution in [3.63, 3.8) is 0 Å². The molecule has 27 heavy (non-hydrogen) atoms. The van der Waals surface area contributed by atoms with E-state index in [1.54, 1.807) is 0 Å². The molecule has 142 valence electrons. The lowest BCUT2D eigenvalue weighted by molar-refractivity contribution is -0.0311. The summed E-state index contributed by atoms with van der Waals surface area (Å²) in [4.78, 5) is 16.6. The predicted molar refractivity (Wildman–Crippen MR) is 98.4 cm³/mol. The highest BCUT2D eigenvalue weighted by Crippen LogP contribution is 2.31. The van der Waals surface area contributed by atoms with Crippen LogP contribution in [0.3, 0.4) is 0 Å². The number of rotatable bonds is 4. The maximum atomic E-state index is 13.8. The molecule has 2 bridgehead atoms. The van der Waals surface area contributed by atoms with Gasteiger partial charge in [0, 0.05) is 12.6 Å².